The third-order valence-corrected chi connectivity index (χ3v) is 8.51. The van der Waals surface area contributed by atoms with Crippen molar-refractivity contribution in [3.63, 3.8) is 0 Å². The monoisotopic (exact) mass is 372 g/mol. The number of amides is 1. The fourth-order valence-electron chi connectivity index (χ4n) is 2.68. The van der Waals surface area contributed by atoms with Crippen molar-refractivity contribution in [3.05, 3.63) is 21.9 Å². The third kappa shape index (κ3) is 3.31. The van der Waals surface area contributed by atoms with Gasteiger partial charge in [0.1, 0.15) is 0 Å². The lowest BCUT2D eigenvalue weighted by Gasteiger charge is -2.33. The zero-order valence-electron chi connectivity index (χ0n) is 13.2. The van der Waals surface area contributed by atoms with Crippen LogP contribution in [-0.4, -0.2) is 55.5 Å². The van der Waals surface area contributed by atoms with Crippen LogP contribution in [0.15, 0.2) is 12.1 Å². The highest BCUT2D eigenvalue weighted by molar-refractivity contribution is 7.89. The molecule has 8 heteroatoms. The second kappa shape index (κ2) is 6.51. The van der Waals surface area contributed by atoms with E-state index in [1.165, 1.54) is 13.2 Å². The molecule has 0 unspecified atom stereocenters. The number of hydrogen-bond acceptors (Lipinski definition) is 5. The number of hydrogen-bond donors (Lipinski definition) is 0. The lowest BCUT2D eigenvalue weighted by molar-refractivity contribution is 0.0703. The van der Waals surface area contributed by atoms with Gasteiger partial charge in [0.2, 0.25) is 10.0 Å². The van der Waals surface area contributed by atoms with E-state index in [0.717, 1.165) is 16.7 Å². The summed E-state index contributed by atoms with van der Waals surface area (Å²) in [6, 6.07) is 4.12. The summed E-state index contributed by atoms with van der Waals surface area (Å²) < 4.78 is 26.4. The Balaban J connectivity index is 1.70. The van der Waals surface area contributed by atoms with Gasteiger partial charge in [-0.3, -0.25) is 4.79 Å². The molecule has 1 saturated heterocycles. The smallest absolute Gasteiger partial charge is 0.264 e. The molecular formula is C15H20N2O3S3. The van der Waals surface area contributed by atoms with Gasteiger partial charge in [-0.05, 0) is 25.5 Å². The van der Waals surface area contributed by atoms with Crippen LogP contribution in [-0.2, 0) is 16.4 Å². The zero-order chi connectivity index (χ0) is 16.6. The highest BCUT2D eigenvalue weighted by Crippen LogP contribution is 2.34. The van der Waals surface area contributed by atoms with Crippen LogP contribution in [0.4, 0.5) is 0 Å². The first-order chi connectivity index (χ1) is 10.9. The summed E-state index contributed by atoms with van der Waals surface area (Å²) in [6.45, 7) is 5.48. The van der Waals surface area contributed by atoms with E-state index < -0.39 is 10.0 Å². The maximum Gasteiger partial charge on any atom is 0.264 e. The van der Waals surface area contributed by atoms with Crippen LogP contribution in [0.2, 0.25) is 0 Å². The molecule has 1 fully saturated rings. The summed E-state index contributed by atoms with van der Waals surface area (Å²) in [6.07, 6.45) is 1.02. The molecule has 3 rings (SSSR count). The molecule has 0 aromatic carbocycles. The maximum atomic E-state index is 12.6. The number of carbonyl (C=O) groups excluding carboxylic acids is 1. The molecule has 1 aliphatic rings. The summed E-state index contributed by atoms with van der Waals surface area (Å²) in [5, 5.41) is 1.15. The van der Waals surface area contributed by atoms with Crippen molar-refractivity contribution < 1.29 is 13.2 Å². The molecule has 3 heterocycles. The first-order valence-electron chi connectivity index (χ1n) is 7.74. The standard InChI is InChI=1S/C15H20N2O3S3/c1-3-12-9-11-10-13(22-15(11)21-12)14(18)16-5-7-17(8-6-16)23(19,20)4-2/h9-10H,3-8H2,1-2H3. The van der Waals surface area contributed by atoms with Gasteiger partial charge in [0.15, 0.2) is 0 Å². The predicted octanol–water partition coefficient (Wildman–Crippen LogP) is 2.63. The Morgan fingerprint density at radius 3 is 2.39 bits per heavy atom. The quantitative estimate of drug-likeness (QED) is 0.829. The number of fused-ring (bicyclic) bond motifs is 1. The van der Waals surface area contributed by atoms with E-state index in [9.17, 15) is 13.2 Å². The van der Waals surface area contributed by atoms with Gasteiger partial charge in [-0.1, -0.05) is 6.92 Å². The Bertz CT molecular complexity index is 783. The maximum absolute atomic E-state index is 12.6. The average Bonchev–Trinajstić information content (AvgIpc) is 3.12. The van der Waals surface area contributed by atoms with E-state index in [1.807, 2.05) is 6.07 Å². The first kappa shape index (κ1) is 16.9. The minimum Gasteiger partial charge on any atom is -0.335 e. The highest BCUT2D eigenvalue weighted by Gasteiger charge is 2.28. The predicted molar refractivity (Wildman–Crippen MR) is 96.0 cm³/mol. The van der Waals surface area contributed by atoms with Crippen molar-refractivity contribution in [2.24, 2.45) is 0 Å². The summed E-state index contributed by atoms with van der Waals surface area (Å²) in [5.74, 6) is 0.132. The number of piperazine rings is 1. The van der Waals surface area contributed by atoms with E-state index in [1.54, 1.807) is 34.5 Å². The van der Waals surface area contributed by atoms with E-state index in [2.05, 4.69) is 13.0 Å². The second-order valence-corrected chi connectivity index (χ2v) is 10.2. The minimum absolute atomic E-state index is 0.0185. The number of nitrogens with zero attached hydrogens (tertiary/aromatic N) is 2. The second-order valence-electron chi connectivity index (χ2n) is 5.51. The van der Waals surface area contributed by atoms with Crippen molar-refractivity contribution in [2.75, 3.05) is 31.9 Å². The minimum atomic E-state index is -3.15. The number of carbonyl (C=O) groups is 1. The SMILES string of the molecule is CCc1cc2cc(C(=O)N3CCN(S(=O)(=O)CC)CC3)sc2s1. The van der Waals surface area contributed by atoms with Crippen LogP contribution in [0.5, 0.6) is 0 Å². The Morgan fingerprint density at radius 1 is 1.13 bits per heavy atom. The molecule has 1 amide bonds. The summed E-state index contributed by atoms with van der Waals surface area (Å²) in [4.78, 5) is 16.5. The number of rotatable bonds is 4. The van der Waals surface area contributed by atoms with Gasteiger partial charge in [-0.15, -0.1) is 22.7 Å². The Hall–Kier alpha value is -0.960. The van der Waals surface area contributed by atoms with Crippen molar-refractivity contribution >= 4 is 48.0 Å². The lowest BCUT2D eigenvalue weighted by Crippen LogP contribution is -2.50. The van der Waals surface area contributed by atoms with Crippen LogP contribution >= 0.6 is 22.7 Å². The van der Waals surface area contributed by atoms with Crippen LogP contribution < -0.4 is 0 Å². The molecule has 126 valence electrons. The number of thiophene rings is 2. The van der Waals surface area contributed by atoms with E-state index in [-0.39, 0.29) is 11.7 Å². The third-order valence-electron chi connectivity index (χ3n) is 4.11. The summed E-state index contributed by atoms with van der Waals surface area (Å²) in [7, 11) is -3.15. The first-order valence-corrected chi connectivity index (χ1v) is 11.0. The molecule has 0 radical (unpaired) electrons. The van der Waals surface area contributed by atoms with Crippen molar-refractivity contribution in [1.29, 1.82) is 0 Å². The van der Waals surface area contributed by atoms with Gasteiger partial charge < -0.3 is 4.90 Å². The van der Waals surface area contributed by atoms with Crippen LogP contribution in [0.1, 0.15) is 28.4 Å². The average molecular weight is 373 g/mol. The van der Waals surface area contributed by atoms with Crippen LogP contribution in [0, 0.1) is 0 Å². The lowest BCUT2D eigenvalue weighted by atomic mass is 10.3. The molecule has 1 aliphatic heterocycles. The molecule has 0 saturated carbocycles. The molecule has 0 spiro atoms. The largest absolute Gasteiger partial charge is 0.335 e. The van der Waals surface area contributed by atoms with Crippen LogP contribution in [0.3, 0.4) is 0 Å². The Kier molecular flexibility index (Phi) is 4.78. The fourth-order valence-corrected chi connectivity index (χ4v) is 6.16. The van der Waals surface area contributed by atoms with Gasteiger partial charge >= 0.3 is 0 Å². The van der Waals surface area contributed by atoms with Crippen molar-refractivity contribution in [1.82, 2.24) is 9.21 Å². The molecule has 0 atom stereocenters. The number of aryl methyl sites for hydroxylation is 1. The molecule has 23 heavy (non-hydrogen) atoms. The zero-order valence-corrected chi connectivity index (χ0v) is 15.7. The van der Waals surface area contributed by atoms with Gasteiger partial charge in [0.25, 0.3) is 5.91 Å². The molecule has 0 aliphatic carbocycles. The van der Waals surface area contributed by atoms with E-state index in [0.29, 0.717) is 26.2 Å². The summed E-state index contributed by atoms with van der Waals surface area (Å²) in [5.41, 5.74) is 0. The Labute approximate surface area is 144 Å². The van der Waals surface area contributed by atoms with Gasteiger partial charge in [0, 0.05) is 36.4 Å². The molecule has 2 aromatic heterocycles. The molecule has 5 nitrogen and oxygen atoms in total. The van der Waals surface area contributed by atoms with E-state index in [4.69, 9.17) is 0 Å². The topological polar surface area (TPSA) is 57.7 Å². The van der Waals surface area contributed by atoms with Crippen LogP contribution in [0.25, 0.3) is 9.40 Å². The van der Waals surface area contributed by atoms with Gasteiger partial charge in [-0.25, -0.2) is 8.42 Å². The number of sulfonamides is 1. The molecule has 2 aromatic rings. The van der Waals surface area contributed by atoms with Crippen molar-refractivity contribution in [3.8, 4) is 0 Å². The molecular weight excluding hydrogens is 352 g/mol. The van der Waals surface area contributed by atoms with Gasteiger partial charge in [-0.2, -0.15) is 4.31 Å². The highest BCUT2D eigenvalue weighted by atomic mass is 32.2. The van der Waals surface area contributed by atoms with Gasteiger partial charge in [0.05, 0.1) is 14.6 Å². The molecule has 0 bridgehead atoms. The van der Waals surface area contributed by atoms with Crippen molar-refractivity contribution in [2.45, 2.75) is 20.3 Å². The fraction of sp³-hybridized carbons (Fsp3) is 0.533. The normalized spacial score (nSPS) is 17.0. The van der Waals surface area contributed by atoms with E-state index >= 15 is 0 Å². The summed E-state index contributed by atoms with van der Waals surface area (Å²) >= 11 is 3.29. The Morgan fingerprint density at radius 2 is 1.83 bits per heavy atom. The molecule has 0 N–H and O–H groups in total.